The van der Waals surface area contributed by atoms with Crippen LogP contribution in [0.25, 0.3) is 0 Å². The predicted octanol–water partition coefficient (Wildman–Crippen LogP) is 2.16. The van der Waals surface area contributed by atoms with Gasteiger partial charge in [-0.3, -0.25) is 9.59 Å². The van der Waals surface area contributed by atoms with Crippen LogP contribution in [0.15, 0.2) is 24.3 Å². The molecule has 0 bridgehead atoms. The van der Waals surface area contributed by atoms with Gasteiger partial charge in [0.15, 0.2) is 0 Å². The van der Waals surface area contributed by atoms with E-state index in [9.17, 15) is 22.8 Å². The highest BCUT2D eigenvalue weighted by Crippen LogP contribution is 2.34. The summed E-state index contributed by atoms with van der Waals surface area (Å²) in [5.41, 5.74) is 3.65. The summed E-state index contributed by atoms with van der Waals surface area (Å²) >= 11 is 0. The van der Waals surface area contributed by atoms with Crippen LogP contribution in [0.4, 0.5) is 18.9 Å². The highest BCUT2D eigenvalue weighted by atomic mass is 19.4. The van der Waals surface area contributed by atoms with Crippen LogP contribution in [-0.2, 0) is 15.8 Å². The lowest BCUT2D eigenvalue weighted by Crippen LogP contribution is -2.26. The molecule has 0 aliphatic heterocycles. The maximum Gasteiger partial charge on any atom is 0.418 e. The molecule has 4 nitrogen and oxygen atoms in total. The Kier molecular flexibility index (Phi) is 4.52. The standard InChI is InChI=1S/C12H13F3N2O2/c1-7(6-10(16)18)11(19)17-9-5-3-2-4-8(9)12(13,14)15/h2-5,7H,6H2,1H3,(H2,16,18)(H,17,19). The summed E-state index contributed by atoms with van der Waals surface area (Å²) in [4.78, 5) is 22.3. The number of hydrogen-bond donors (Lipinski definition) is 2. The maximum absolute atomic E-state index is 12.7. The molecule has 0 fully saturated rings. The van der Waals surface area contributed by atoms with Crippen LogP contribution in [0.1, 0.15) is 18.9 Å². The lowest BCUT2D eigenvalue weighted by atomic mass is 10.1. The number of carbonyl (C=O) groups is 2. The SMILES string of the molecule is CC(CC(N)=O)C(=O)Nc1ccccc1C(F)(F)F. The second-order valence-corrected chi connectivity index (χ2v) is 4.10. The highest BCUT2D eigenvalue weighted by molar-refractivity contribution is 5.95. The number of nitrogens with two attached hydrogens (primary N) is 1. The fraction of sp³-hybridized carbons (Fsp3) is 0.333. The summed E-state index contributed by atoms with van der Waals surface area (Å²) in [5.74, 6) is -2.17. The summed E-state index contributed by atoms with van der Waals surface area (Å²) in [6.45, 7) is 1.41. The third-order valence-corrected chi connectivity index (χ3v) is 2.45. The Morgan fingerprint density at radius 2 is 1.89 bits per heavy atom. The number of primary amides is 1. The molecule has 3 N–H and O–H groups in total. The molecule has 1 unspecified atom stereocenters. The number of nitrogens with one attached hydrogen (secondary N) is 1. The van der Waals surface area contributed by atoms with E-state index in [1.54, 1.807) is 0 Å². The number of anilines is 1. The zero-order chi connectivity index (χ0) is 14.6. The molecule has 0 aliphatic rings. The van der Waals surface area contributed by atoms with E-state index in [1.807, 2.05) is 0 Å². The summed E-state index contributed by atoms with van der Waals surface area (Å²) < 4.78 is 38.1. The van der Waals surface area contributed by atoms with Crippen molar-refractivity contribution >= 4 is 17.5 Å². The molecule has 0 saturated carbocycles. The molecular formula is C12H13F3N2O2. The molecule has 104 valence electrons. The van der Waals surface area contributed by atoms with Gasteiger partial charge in [-0.15, -0.1) is 0 Å². The van der Waals surface area contributed by atoms with E-state index in [-0.39, 0.29) is 12.1 Å². The molecule has 0 saturated heterocycles. The van der Waals surface area contributed by atoms with Crippen LogP contribution in [0, 0.1) is 5.92 Å². The topological polar surface area (TPSA) is 72.2 Å². The van der Waals surface area contributed by atoms with Crippen LogP contribution < -0.4 is 11.1 Å². The van der Waals surface area contributed by atoms with Gasteiger partial charge in [-0.1, -0.05) is 19.1 Å². The van der Waals surface area contributed by atoms with Crippen LogP contribution in [-0.4, -0.2) is 11.8 Å². The normalized spacial score (nSPS) is 12.8. The number of amides is 2. The van der Waals surface area contributed by atoms with E-state index in [1.165, 1.54) is 19.1 Å². The van der Waals surface area contributed by atoms with Gasteiger partial charge in [0.25, 0.3) is 0 Å². The van der Waals surface area contributed by atoms with Gasteiger partial charge in [-0.2, -0.15) is 13.2 Å². The Labute approximate surface area is 107 Å². The van der Waals surface area contributed by atoms with Crippen molar-refractivity contribution in [3.05, 3.63) is 29.8 Å². The molecule has 1 atom stereocenters. The number of benzene rings is 1. The Bertz CT molecular complexity index is 486. The monoisotopic (exact) mass is 274 g/mol. The minimum atomic E-state index is -4.56. The number of para-hydroxylation sites is 1. The fourth-order valence-electron chi connectivity index (χ4n) is 1.49. The Hall–Kier alpha value is -2.05. The van der Waals surface area contributed by atoms with Crippen LogP contribution in [0.3, 0.4) is 0 Å². The molecule has 0 aliphatic carbocycles. The number of halogens is 3. The van der Waals surface area contributed by atoms with E-state index in [0.717, 1.165) is 12.1 Å². The van der Waals surface area contributed by atoms with Crippen molar-refractivity contribution in [2.24, 2.45) is 11.7 Å². The molecule has 0 heterocycles. The van der Waals surface area contributed by atoms with Crippen molar-refractivity contribution in [3.8, 4) is 0 Å². The average molecular weight is 274 g/mol. The quantitative estimate of drug-likeness (QED) is 0.883. The largest absolute Gasteiger partial charge is 0.418 e. The van der Waals surface area contributed by atoms with Crippen molar-refractivity contribution < 1.29 is 22.8 Å². The number of rotatable bonds is 4. The van der Waals surface area contributed by atoms with E-state index in [0.29, 0.717) is 0 Å². The van der Waals surface area contributed by atoms with E-state index >= 15 is 0 Å². The minimum absolute atomic E-state index is 0.222. The van der Waals surface area contributed by atoms with Crippen molar-refractivity contribution in [2.75, 3.05) is 5.32 Å². The Morgan fingerprint density at radius 3 is 2.42 bits per heavy atom. The first-order valence-corrected chi connectivity index (χ1v) is 5.47. The molecule has 7 heteroatoms. The number of alkyl halides is 3. The zero-order valence-electron chi connectivity index (χ0n) is 10.1. The molecule has 1 aromatic carbocycles. The van der Waals surface area contributed by atoms with E-state index < -0.39 is 29.5 Å². The van der Waals surface area contributed by atoms with Crippen LogP contribution in [0.2, 0.25) is 0 Å². The van der Waals surface area contributed by atoms with Gasteiger partial charge in [-0.25, -0.2) is 0 Å². The lowest BCUT2D eigenvalue weighted by molar-refractivity contribution is -0.137. The number of hydrogen-bond acceptors (Lipinski definition) is 2. The van der Waals surface area contributed by atoms with Gasteiger partial charge in [0.05, 0.1) is 11.3 Å². The van der Waals surface area contributed by atoms with Gasteiger partial charge in [-0.05, 0) is 12.1 Å². The Morgan fingerprint density at radius 1 is 1.32 bits per heavy atom. The van der Waals surface area contributed by atoms with Crippen LogP contribution >= 0.6 is 0 Å². The minimum Gasteiger partial charge on any atom is -0.370 e. The third kappa shape index (κ3) is 4.27. The summed E-state index contributed by atoms with van der Waals surface area (Å²) in [6, 6.07) is 4.63. The molecule has 0 spiro atoms. The lowest BCUT2D eigenvalue weighted by Gasteiger charge is -2.15. The van der Waals surface area contributed by atoms with Crippen LogP contribution in [0.5, 0.6) is 0 Å². The predicted molar refractivity (Wildman–Crippen MR) is 63.0 cm³/mol. The van der Waals surface area contributed by atoms with Crippen molar-refractivity contribution in [3.63, 3.8) is 0 Å². The molecule has 0 aromatic heterocycles. The van der Waals surface area contributed by atoms with Gasteiger partial charge < -0.3 is 11.1 Å². The first-order chi connectivity index (χ1) is 8.71. The first-order valence-electron chi connectivity index (χ1n) is 5.47. The van der Waals surface area contributed by atoms with Crippen molar-refractivity contribution in [1.82, 2.24) is 0 Å². The third-order valence-electron chi connectivity index (χ3n) is 2.45. The molecule has 2 amide bonds. The summed E-state index contributed by atoms with van der Waals surface area (Å²) in [7, 11) is 0. The fourth-order valence-corrected chi connectivity index (χ4v) is 1.49. The van der Waals surface area contributed by atoms with Gasteiger partial charge in [0.2, 0.25) is 11.8 Å². The number of carbonyl (C=O) groups excluding carboxylic acids is 2. The smallest absolute Gasteiger partial charge is 0.370 e. The molecule has 1 rings (SSSR count). The Balaban J connectivity index is 2.88. The molecular weight excluding hydrogens is 261 g/mol. The molecule has 19 heavy (non-hydrogen) atoms. The van der Waals surface area contributed by atoms with Crippen molar-refractivity contribution in [1.29, 1.82) is 0 Å². The van der Waals surface area contributed by atoms with Crippen molar-refractivity contribution in [2.45, 2.75) is 19.5 Å². The van der Waals surface area contributed by atoms with Gasteiger partial charge in [0, 0.05) is 12.3 Å². The second-order valence-electron chi connectivity index (χ2n) is 4.10. The molecule has 1 aromatic rings. The van der Waals surface area contributed by atoms with E-state index in [4.69, 9.17) is 5.73 Å². The summed E-state index contributed by atoms with van der Waals surface area (Å²) in [5, 5.41) is 2.16. The van der Waals surface area contributed by atoms with Gasteiger partial charge >= 0.3 is 6.18 Å². The van der Waals surface area contributed by atoms with E-state index in [2.05, 4.69) is 5.32 Å². The molecule has 0 radical (unpaired) electrons. The zero-order valence-corrected chi connectivity index (χ0v) is 10.1. The first kappa shape index (κ1) is 15.0. The second kappa shape index (κ2) is 5.73. The maximum atomic E-state index is 12.7. The summed E-state index contributed by atoms with van der Waals surface area (Å²) in [6.07, 6.45) is -4.78. The average Bonchev–Trinajstić information content (AvgIpc) is 2.27. The highest BCUT2D eigenvalue weighted by Gasteiger charge is 2.33. The van der Waals surface area contributed by atoms with Gasteiger partial charge in [0.1, 0.15) is 0 Å².